The molecule has 0 saturated heterocycles. The van der Waals surface area contributed by atoms with Crippen LogP contribution in [0.4, 0.5) is 0 Å². The summed E-state index contributed by atoms with van der Waals surface area (Å²) in [6, 6.07) is 0. The Morgan fingerprint density at radius 1 is 1.67 bits per heavy atom. The molecule has 1 N–H and O–H groups in total. The maximum atomic E-state index is 9.45. The van der Waals surface area contributed by atoms with E-state index in [9.17, 15) is 5.11 Å². The van der Waals surface area contributed by atoms with Gasteiger partial charge in [0.1, 0.15) is 0 Å². The molecule has 0 aromatic carbocycles. The van der Waals surface area contributed by atoms with E-state index in [-0.39, 0.29) is 12.0 Å². The Hall–Kier alpha value is 0.360. The van der Waals surface area contributed by atoms with Gasteiger partial charge in [-0.1, -0.05) is 37.8 Å². The summed E-state index contributed by atoms with van der Waals surface area (Å²) >= 11 is 6.59. The molecular weight excluding hydrogens is 192 g/mol. The molecule has 0 aromatic rings. The van der Waals surface area contributed by atoms with Gasteiger partial charge in [0.05, 0.1) is 16.2 Å². The number of hydrogen-bond donors (Lipinski definition) is 1. The van der Waals surface area contributed by atoms with Gasteiger partial charge in [-0.3, -0.25) is 0 Å². The van der Waals surface area contributed by atoms with Crippen LogP contribution in [0.5, 0.6) is 0 Å². The maximum Gasteiger partial charge on any atom is 0.0968 e. The number of rotatable bonds is 5. The molecule has 0 rings (SSSR count). The summed E-state index contributed by atoms with van der Waals surface area (Å²) in [5, 5.41) is 9.45. The summed E-state index contributed by atoms with van der Waals surface area (Å²) in [6.07, 6.45) is 0.427. The zero-order valence-corrected chi connectivity index (χ0v) is 9.37. The van der Waals surface area contributed by atoms with Crippen molar-refractivity contribution in [3.63, 3.8) is 0 Å². The minimum atomic E-state index is -0.318. The fourth-order valence-electron chi connectivity index (χ4n) is 0.759. The lowest BCUT2D eigenvalue weighted by atomic mass is 10.1. The average molecular weight is 208 g/mol. The molecule has 2 nitrogen and oxygen atoms in total. The van der Waals surface area contributed by atoms with Gasteiger partial charge in [-0.05, 0) is 6.42 Å². The summed E-state index contributed by atoms with van der Waals surface area (Å²) in [6.45, 7) is 3.89. The van der Waals surface area contributed by atoms with E-state index in [1.807, 2.05) is 13.8 Å². The molecular formula is C8H16O2S2. The Balaban J connectivity index is 3.75. The van der Waals surface area contributed by atoms with E-state index in [1.54, 1.807) is 7.11 Å². The van der Waals surface area contributed by atoms with Crippen molar-refractivity contribution in [3.8, 4) is 0 Å². The van der Waals surface area contributed by atoms with Crippen LogP contribution in [0.1, 0.15) is 20.3 Å². The van der Waals surface area contributed by atoms with Gasteiger partial charge in [0.25, 0.3) is 0 Å². The van der Waals surface area contributed by atoms with Crippen molar-refractivity contribution in [1.82, 2.24) is 0 Å². The monoisotopic (exact) mass is 208 g/mol. The molecule has 2 atom stereocenters. The lowest BCUT2D eigenvalue weighted by molar-refractivity contribution is 0.143. The van der Waals surface area contributed by atoms with Crippen LogP contribution in [0.15, 0.2) is 0 Å². The van der Waals surface area contributed by atoms with Gasteiger partial charge in [0.2, 0.25) is 0 Å². The van der Waals surface area contributed by atoms with Crippen molar-refractivity contribution >= 4 is 28.2 Å². The first-order chi connectivity index (χ1) is 5.63. The van der Waals surface area contributed by atoms with Gasteiger partial charge in [-0.2, -0.15) is 0 Å². The minimum Gasteiger partial charge on any atom is -0.392 e. The molecule has 0 unspecified atom stereocenters. The fourth-order valence-corrected chi connectivity index (χ4v) is 1.71. The Morgan fingerprint density at radius 3 is 2.67 bits per heavy atom. The molecule has 0 aromatic heterocycles. The Labute approximate surface area is 83.7 Å². The van der Waals surface area contributed by atoms with E-state index < -0.39 is 0 Å². The highest BCUT2D eigenvalue weighted by molar-refractivity contribution is 8.23. The first kappa shape index (κ1) is 12.4. The van der Waals surface area contributed by atoms with Crippen LogP contribution in [0, 0.1) is 5.92 Å². The van der Waals surface area contributed by atoms with Crippen molar-refractivity contribution in [3.05, 3.63) is 0 Å². The molecule has 72 valence electrons. The molecule has 0 fully saturated rings. The van der Waals surface area contributed by atoms with Gasteiger partial charge in [-0.15, -0.1) is 0 Å². The summed E-state index contributed by atoms with van der Waals surface area (Å²) in [5.74, 6) is 0.643. The molecule has 0 amide bonds. The van der Waals surface area contributed by atoms with E-state index >= 15 is 0 Å². The van der Waals surface area contributed by atoms with Gasteiger partial charge >= 0.3 is 0 Å². The van der Waals surface area contributed by atoms with Crippen molar-refractivity contribution in [2.24, 2.45) is 5.92 Å². The normalized spacial score (nSPS) is 15.7. The Morgan fingerprint density at radius 2 is 2.25 bits per heavy atom. The summed E-state index contributed by atoms with van der Waals surface area (Å²) < 4.78 is 5.70. The number of methoxy groups -OCH3 is 1. The van der Waals surface area contributed by atoms with Crippen molar-refractivity contribution in [2.45, 2.75) is 26.4 Å². The third kappa shape index (κ3) is 4.40. The molecule has 0 saturated carbocycles. The number of hydrogen-bond acceptors (Lipinski definition) is 4. The lowest BCUT2D eigenvalue weighted by Gasteiger charge is -2.17. The molecule has 0 aliphatic rings. The molecule has 4 heteroatoms. The van der Waals surface area contributed by atoms with Crippen LogP contribution >= 0.6 is 24.0 Å². The summed E-state index contributed by atoms with van der Waals surface area (Å²) in [4.78, 5) is 0. The molecule has 0 aliphatic carbocycles. The van der Waals surface area contributed by atoms with Gasteiger partial charge in [-0.25, -0.2) is 0 Å². The van der Waals surface area contributed by atoms with E-state index in [4.69, 9.17) is 17.0 Å². The quantitative estimate of drug-likeness (QED) is 0.553. The molecule has 0 spiro atoms. The average Bonchev–Trinajstić information content (AvgIpc) is 2.11. The molecule has 0 aliphatic heterocycles. The topological polar surface area (TPSA) is 29.5 Å². The second-order valence-corrected chi connectivity index (χ2v) is 4.30. The van der Waals surface area contributed by atoms with Crippen LogP contribution in [0.25, 0.3) is 0 Å². The highest BCUT2D eigenvalue weighted by Crippen LogP contribution is 2.18. The van der Waals surface area contributed by atoms with Crippen molar-refractivity contribution in [2.75, 3.05) is 13.0 Å². The van der Waals surface area contributed by atoms with Crippen molar-refractivity contribution in [1.29, 1.82) is 0 Å². The Kier molecular flexibility index (Phi) is 7.04. The Bertz CT molecular complexity index is 139. The predicted octanol–water partition coefficient (Wildman–Crippen LogP) is 2.06. The second kappa shape index (κ2) is 6.83. The highest BCUT2D eigenvalue weighted by Gasteiger charge is 2.16. The zero-order chi connectivity index (χ0) is 9.56. The molecule has 0 bridgehead atoms. The lowest BCUT2D eigenvalue weighted by Crippen LogP contribution is -2.22. The largest absolute Gasteiger partial charge is 0.392 e. The third-order valence-electron chi connectivity index (χ3n) is 1.69. The number of aliphatic hydroxyl groups is 1. The third-order valence-corrected chi connectivity index (χ3v) is 3.42. The van der Waals surface area contributed by atoms with E-state index in [0.29, 0.717) is 5.94 Å². The fraction of sp³-hybridized carbons (Fsp3) is 0.875. The van der Waals surface area contributed by atoms with Crippen LogP contribution in [-0.2, 0) is 4.74 Å². The first-order valence-electron chi connectivity index (χ1n) is 3.97. The molecule has 0 heterocycles. The van der Waals surface area contributed by atoms with E-state index in [2.05, 4.69) is 0 Å². The number of thioether (sulfide) groups is 1. The molecule has 0 radical (unpaired) electrons. The van der Waals surface area contributed by atoms with Gasteiger partial charge in [0, 0.05) is 13.0 Å². The number of thiocarbonyl (C=S) groups is 1. The standard InChI is InChI=1S/C8H16O2S2/c1-4-7(9)6(2)8(11)12-5-10-3/h6-7,9H,4-5H2,1-3H3/t6-,7+/m0/s1. The first-order valence-corrected chi connectivity index (χ1v) is 5.36. The van der Waals surface area contributed by atoms with Crippen LogP contribution in [0.3, 0.4) is 0 Å². The smallest absolute Gasteiger partial charge is 0.0968 e. The maximum absolute atomic E-state index is 9.45. The summed E-state index contributed by atoms with van der Waals surface area (Å²) in [5.41, 5.74) is 0. The summed E-state index contributed by atoms with van der Waals surface area (Å²) in [7, 11) is 1.64. The predicted molar refractivity (Wildman–Crippen MR) is 57.5 cm³/mol. The minimum absolute atomic E-state index is 0.0742. The van der Waals surface area contributed by atoms with E-state index in [0.717, 1.165) is 10.6 Å². The highest BCUT2D eigenvalue weighted by atomic mass is 32.2. The van der Waals surface area contributed by atoms with E-state index in [1.165, 1.54) is 11.8 Å². The number of aliphatic hydroxyl groups excluding tert-OH is 1. The van der Waals surface area contributed by atoms with Crippen LogP contribution < -0.4 is 0 Å². The van der Waals surface area contributed by atoms with Crippen LogP contribution in [0.2, 0.25) is 0 Å². The zero-order valence-electron chi connectivity index (χ0n) is 7.74. The SMILES string of the molecule is CC[C@@H](O)[C@H](C)C(=S)SCOC. The number of ether oxygens (including phenoxy) is 1. The molecule has 12 heavy (non-hydrogen) atoms. The van der Waals surface area contributed by atoms with Crippen molar-refractivity contribution < 1.29 is 9.84 Å². The van der Waals surface area contributed by atoms with Gasteiger partial charge < -0.3 is 9.84 Å². The second-order valence-electron chi connectivity index (χ2n) is 2.63. The van der Waals surface area contributed by atoms with Crippen LogP contribution in [-0.4, -0.2) is 28.5 Å². The van der Waals surface area contributed by atoms with Gasteiger partial charge in [0.15, 0.2) is 0 Å².